The molecule has 6 nitrogen and oxygen atoms in total. The predicted molar refractivity (Wildman–Crippen MR) is 117 cm³/mol. The third kappa shape index (κ3) is 4.18. The summed E-state index contributed by atoms with van der Waals surface area (Å²) in [7, 11) is 0. The van der Waals surface area contributed by atoms with Gasteiger partial charge in [0, 0.05) is 5.56 Å². The summed E-state index contributed by atoms with van der Waals surface area (Å²) in [4.78, 5) is 16.7. The molecule has 4 rings (SSSR count). The van der Waals surface area contributed by atoms with Crippen LogP contribution in [0, 0.1) is 11.2 Å². The molecule has 0 saturated carbocycles. The second kappa shape index (κ2) is 8.62. The standard InChI is InChI=1S/C22H19FN4O2S/c1-2-5-19-26-27-20(24)17(21(28)25-22(27)30-19)12-15-6-3-4-7-18(15)29-13-14-8-10-16(23)11-9-14/h3-4,6-12,24H,2,5,13H2,1H3/b17-12-,24-20?. The van der Waals surface area contributed by atoms with Crippen molar-refractivity contribution in [3.63, 3.8) is 0 Å². The van der Waals surface area contributed by atoms with Crippen molar-refractivity contribution in [1.29, 1.82) is 5.41 Å². The summed E-state index contributed by atoms with van der Waals surface area (Å²) in [5.41, 5.74) is 1.62. The molecule has 0 radical (unpaired) electrons. The van der Waals surface area contributed by atoms with E-state index in [1.54, 1.807) is 30.3 Å². The SMILES string of the molecule is CCCC1=NN2C(=N)/C(=C/c3ccccc3OCc3ccc(F)cc3)C(=O)N=C2S1. The van der Waals surface area contributed by atoms with Crippen molar-refractivity contribution in [3.8, 4) is 5.75 Å². The Bertz CT molecular complexity index is 1090. The molecule has 2 aromatic carbocycles. The van der Waals surface area contributed by atoms with Crippen LogP contribution in [0.15, 0.2) is 64.2 Å². The van der Waals surface area contributed by atoms with Gasteiger partial charge in [0.15, 0.2) is 5.84 Å². The molecule has 2 aliphatic rings. The fourth-order valence-corrected chi connectivity index (χ4v) is 3.96. The van der Waals surface area contributed by atoms with Gasteiger partial charge in [-0.1, -0.05) is 37.3 Å². The van der Waals surface area contributed by atoms with E-state index >= 15 is 0 Å². The highest BCUT2D eigenvalue weighted by atomic mass is 32.2. The van der Waals surface area contributed by atoms with Gasteiger partial charge in [-0.25, -0.2) is 4.39 Å². The van der Waals surface area contributed by atoms with E-state index in [1.807, 2.05) is 19.1 Å². The van der Waals surface area contributed by atoms with E-state index in [4.69, 9.17) is 10.1 Å². The predicted octanol–water partition coefficient (Wildman–Crippen LogP) is 4.82. The number of hydrogen-bond donors (Lipinski definition) is 1. The number of hydrogen-bond acceptors (Lipinski definition) is 5. The third-order valence-electron chi connectivity index (χ3n) is 4.49. The van der Waals surface area contributed by atoms with Gasteiger partial charge in [-0.2, -0.15) is 15.1 Å². The lowest BCUT2D eigenvalue weighted by molar-refractivity contribution is -0.114. The summed E-state index contributed by atoms with van der Waals surface area (Å²) in [6.07, 6.45) is 3.30. The normalized spacial score (nSPS) is 17.1. The van der Waals surface area contributed by atoms with E-state index in [9.17, 15) is 9.18 Å². The molecule has 2 aromatic rings. The Hall–Kier alpha value is -3.26. The monoisotopic (exact) mass is 422 g/mol. The second-order valence-corrected chi connectivity index (χ2v) is 7.76. The quantitative estimate of drug-likeness (QED) is 0.677. The van der Waals surface area contributed by atoms with Crippen molar-refractivity contribution in [1.82, 2.24) is 5.01 Å². The number of para-hydroxylation sites is 1. The molecule has 0 bridgehead atoms. The first-order valence-corrected chi connectivity index (χ1v) is 10.3. The zero-order valence-corrected chi connectivity index (χ0v) is 17.1. The molecule has 1 N–H and O–H groups in total. The lowest BCUT2D eigenvalue weighted by Crippen LogP contribution is -2.35. The number of carbonyl (C=O) groups excluding carboxylic acids is 1. The van der Waals surface area contributed by atoms with E-state index in [0.717, 1.165) is 23.4 Å². The van der Waals surface area contributed by atoms with Gasteiger partial charge in [0.25, 0.3) is 5.91 Å². The van der Waals surface area contributed by atoms with Crippen molar-refractivity contribution in [2.75, 3.05) is 0 Å². The molecule has 0 fully saturated rings. The van der Waals surface area contributed by atoms with Crippen LogP contribution >= 0.6 is 11.8 Å². The number of rotatable bonds is 6. The lowest BCUT2D eigenvalue weighted by Gasteiger charge is -2.20. The number of nitrogens with one attached hydrogen (secondary N) is 1. The Morgan fingerprint density at radius 1 is 1.20 bits per heavy atom. The molecule has 0 unspecified atom stereocenters. The number of ether oxygens (including phenoxy) is 1. The Morgan fingerprint density at radius 2 is 1.97 bits per heavy atom. The number of aliphatic imine (C=N–C) groups is 1. The summed E-state index contributed by atoms with van der Waals surface area (Å²) in [5.74, 6) is -0.226. The van der Waals surface area contributed by atoms with Gasteiger partial charge in [-0.15, -0.1) is 0 Å². The highest BCUT2D eigenvalue weighted by molar-refractivity contribution is 8.26. The first kappa shape index (κ1) is 20.0. The smallest absolute Gasteiger partial charge is 0.283 e. The summed E-state index contributed by atoms with van der Waals surface area (Å²) in [6, 6.07) is 13.3. The maximum absolute atomic E-state index is 13.1. The minimum atomic E-state index is -0.472. The maximum Gasteiger partial charge on any atom is 0.283 e. The van der Waals surface area contributed by atoms with Gasteiger partial charge in [-0.05, 0) is 54.4 Å². The fraction of sp³-hybridized carbons (Fsp3) is 0.182. The highest BCUT2D eigenvalue weighted by Gasteiger charge is 2.35. The van der Waals surface area contributed by atoms with Crippen LogP contribution < -0.4 is 4.74 Å². The minimum absolute atomic E-state index is 0.00283. The van der Waals surface area contributed by atoms with E-state index < -0.39 is 5.91 Å². The summed E-state index contributed by atoms with van der Waals surface area (Å²) in [6.45, 7) is 2.30. The van der Waals surface area contributed by atoms with Crippen molar-refractivity contribution >= 4 is 39.8 Å². The molecule has 30 heavy (non-hydrogen) atoms. The Labute approximate surface area is 177 Å². The number of carbonyl (C=O) groups is 1. The van der Waals surface area contributed by atoms with Crippen LogP contribution in [-0.2, 0) is 11.4 Å². The minimum Gasteiger partial charge on any atom is -0.488 e. The van der Waals surface area contributed by atoms with Gasteiger partial charge < -0.3 is 4.74 Å². The van der Waals surface area contributed by atoms with E-state index in [1.165, 1.54) is 28.9 Å². The Kier molecular flexibility index (Phi) is 5.76. The van der Waals surface area contributed by atoms with E-state index in [-0.39, 0.29) is 23.8 Å². The first-order chi connectivity index (χ1) is 14.5. The topological polar surface area (TPSA) is 78.1 Å². The summed E-state index contributed by atoms with van der Waals surface area (Å²) < 4.78 is 19.0. The molecule has 0 spiro atoms. The summed E-state index contributed by atoms with van der Waals surface area (Å²) in [5, 5.41) is 15.6. The number of amidine groups is 2. The Morgan fingerprint density at radius 3 is 2.73 bits per heavy atom. The molecule has 0 atom stereocenters. The van der Waals surface area contributed by atoms with Crippen LogP contribution in [0.3, 0.4) is 0 Å². The zero-order valence-electron chi connectivity index (χ0n) is 16.3. The molecule has 0 aliphatic carbocycles. The van der Waals surface area contributed by atoms with Gasteiger partial charge in [-0.3, -0.25) is 10.2 Å². The number of thioether (sulfide) groups is 1. The Balaban J connectivity index is 1.58. The average Bonchev–Trinajstić information content (AvgIpc) is 3.14. The fourth-order valence-electron chi connectivity index (χ4n) is 2.98. The van der Waals surface area contributed by atoms with E-state index in [2.05, 4.69) is 10.1 Å². The van der Waals surface area contributed by atoms with Crippen LogP contribution in [0.2, 0.25) is 0 Å². The van der Waals surface area contributed by atoms with Gasteiger partial charge >= 0.3 is 0 Å². The second-order valence-electron chi connectivity index (χ2n) is 6.72. The highest BCUT2D eigenvalue weighted by Crippen LogP contribution is 2.31. The number of nitrogens with zero attached hydrogens (tertiary/aromatic N) is 3. The molecule has 8 heteroatoms. The number of fused-ring (bicyclic) bond motifs is 1. The molecular formula is C22H19FN4O2S. The molecular weight excluding hydrogens is 403 g/mol. The first-order valence-electron chi connectivity index (χ1n) is 9.50. The van der Waals surface area contributed by atoms with Crippen molar-refractivity contribution in [3.05, 3.63) is 71.0 Å². The number of amides is 1. The number of halogens is 1. The molecule has 2 heterocycles. The van der Waals surface area contributed by atoms with E-state index in [0.29, 0.717) is 16.5 Å². The molecule has 152 valence electrons. The van der Waals surface area contributed by atoms with Crippen LogP contribution in [0.1, 0.15) is 30.9 Å². The van der Waals surface area contributed by atoms with Crippen LogP contribution in [0.5, 0.6) is 5.75 Å². The molecule has 0 saturated heterocycles. The molecule has 1 amide bonds. The largest absolute Gasteiger partial charge is 0.488 e. The number of hydrazone groups is 1. The summed E-state index contributed by atoms with van der Waals surface area (Å²) >= 11 is 1.33. The maximum atomic E-state index is 13.1. The average molecular weight is 422 g/mol. The third-order valence-corrected chi connectivity index (χ3v) is 5.45. The van der Waals surface area contributed by atoms with Gasteiger partial charge in [0.1, 0.15) is 23.2 Å². The van der Waals surface area contributed by atoms with Crippen LogP contribution in [-0.4, -0.2) is 27.0 Å². The van der Waals surface area contributed by atoms with Crippen molar-refractivity contribution < 1.29 is 13.9 Å². The van der Waals surface area contributed by atoms with Crippen molar-refractivity contribution in [2.45, 2.75) is 26.4 Å². The zero-order chi connectivity index (χ0) is 21.1. The van der Waals surface area contributed by atoms with Crippen LogP contribution in [0.25, 0.3) is 6.08 Å². The number of benzene rings is 2. The molecule has 2 aliphatic heterocycles. The van der Waals surface area contributed by atoms with Crippen LogP contribution in [0.4, 0.5) is 4.39 Å². The van der Waals surface area contributed by atoms with Gasteiger partial charge in [0.05, 0.1) is 5.57 Å². The molecule has 0 aromatic heterocycles. The van der Waals surface area contributed by atoms with Crippen molar-refractivity contribution in [2.24, 2.45) is 10.1 Å². The van der Waals surface area contributed by atoms with Gasteiger partial charge in [0.2, 0.25) is 5.17 Å². The lowest BCUT2D eigenvalue weighted by atomic mass is 10.1.